The molecule has 2 atom stereocenters. The van der Waals surface area contributed by atoms with Gasteiger partial charge in [-0.15, -0.1) is 0 Å². The number of imide groups is 1. The van der Waals surface area contributed by atoms with Crippen molar-refractivity contribution in [2.45, 2.75) is 40.0 Å². The van der Waals surface area contributed by atoms with E-state index >= 15 is 0 Å². The fourth-order valence-corrected chi connectivity index (χ4v) is 5.46. The number of fused-ring (bicyclic) bond motifs is 2. The van der Waals surface area contributed by atoms with Crippen molar-refractivity contribution < 1.29 is 14.4 Å². The quantitative estimate of drug-likeness (QED) is 0.763. The zero-order valence-electron chi connectivity index (χ0n) is 15.3. The Balaban J connectivity index is 1.93. The van der Waals surface area contributed by atoms with E-state index in [1.54, 1.807) is 18.2 Å². The number of carbonyl (C=O) groups is 3. The van der Waals surface area contributed by atoms with Crippen molar-refractivity contribution in [2.75, 3.05) is 12.4 Å². The number of nitrogens with zero attached hydrogens (tertiary/aromatic N) is 1. The van der Waals surface area contributed by atoms with Crippen molar-refractivity contribution in [1.29, 1.82) is 0 Å². The number of carbonyl (C=O) groups excluding carboxylic acids is 3. The van der Waals surface area contributed by atoms with Crippen LogP contribution in [0.4, 0.5) is 5.69 Å². The Morgan fingerprint density at radius 2 is 1.58 bits per heavy atom. The summed E-state index contributed by atoms with van der Waals surface area (Å²) in [5.74, 6) is -0.685. The third kappa shape index (κ3) is 2.91. The molecule has 5 nitrogen and oxygen atoms in total. The van der Waals surface area contributed by atoms with Crippen LogP contribution in [-0.4, -0.2) is 29.7 Å². The van der Waals surface area contributed by atoms with Crippen LogP contribution in [0, 0.1) is 16.2 Å². The molecule has 7 heteroatoms. The van der Waals surface area contributed by atoms with Gasteiger partial charge in [0.25, 0.3) is 0 Å². The SMILES string of the molecule is CN1C(=O)C2(C)CC(C)(C(=O)Nc3ccc(Cl)cc3Cl)CC(C)(C2)C1=O. The zero-order valence-corrected chi connectivity index (χ0v) is 16.8. The third-order valence-corrected chi connectivity index (χ3v) is 6.26. The van der Waals surface area contributed by atoms with Gasteiger partial charge < -0.3 is 5.32 Å². The molecule has 0 aromatic heterocycles. The Morgan fingerprint density at radius 1 is 1.04 bits per heavy atom. The molecule has 26 heavy (non-hydrogen) atoms. The molecule has 2 aliphatic rings. The van der Waals surface area contributed by atoms with E-state index in [4.69, 9.17) is 23.2 Å². The highest BCUT2D eigenvalue weighted by Crippen LogP contribution is 2.58. The smallest absolute Gasteiger partial charge is 0.234 e. The zero-order chi connectivity index (χ0) is 19.5. The molecule has 1 aliphatic heterocycles. The van der Waals surface area contributed by atoms with E-state index < -0.39 is 16.2 Å². The molecule has 1 N–H and O–H groups in total. The Labute approximate surface area is 163 Å². The first kappa shape index (κ1) is 19.2. The Morgan fingerprint density at radius 3 is 2.08 bits per heavy atom. The van der Waals surface area contributed by atoms with Gasteiger partial charge in [0.1, 0.15) is 0 Å². The minimum atomic E-state index is -0.864. The molecule has 3 amide bonds. The van der Waals surface area contributed by atoms with Gasteiger partial charge in [-0.1, -0.05) is 44.0 Å². The summed E-state index contributed by atoms with van der Waals surface area (Å²) in [5.41, 5.74) is -1.89. The van der Waals surface area contributed by atoms with Gasteiger partial charge in [-0.3, -0.25) is 19.3 Å². The highest BCUT2D eigenvalue weighted by molar-refractivity contribution is 6.36. The summed E-state index contributed by atoms with van der Waals surface area (Å²) >= 11 is 12.1. The van der Waals surface area contributed by atoms with E-state index in [2.05, 4.69) is 5.32 Å². The highest BCUT2D eigenvalue weighted by atomic mass is 35.5. The van der Waals surface area contributed by atoms with Gasteiger partial charge in [-0.25, -0.2) is 0 Å². The summed E-state index contributed by atoms with van der Waals surface area (Å²) in [7, 11) is 1.52. The molecule has 2 unspecified atom stereocenters. The predicted octanol–water partition coefficient (Wildman–Crippen LogP) is 4.13. The van der Waals surface area contributed by atoms with Crippen LogP contribution < -0.4 is 5.32 Å². The third-order valence-electron chi connectivity index (χ3n) is 5.71. The van der Waals surface area contributed by atoms with Crippen LogP contribution in [0.5, 0.6) is 0 Å². The number of nitrogens with one attached hydrogen (secondary N) is 1. The van der Waals surface area contributed by atoms with Gasteiger partial charge in [-0.2, -0.15) is 0 Å². The molecule has 1 saturated carbocycles. The fourth-order valence-electron chi connectivity index (χ4n) is 5.00. The van der Waals surface area contributed by atoms with E-state index in [0.29, 0.717) is 35.0 Å². The maximum atomic E-state index is 13.1. The second kappa shape index (κ2) is 5.96. The molecule has 1 aromatic rings. The van der Waals surface area contributed by atoms with Crippen molar-refractivity contribution in [3.05, 3.63) is 28.2 Å². The van der Waals surface area contributed by atoms with E-state index in [9.17, 15) is 14.4 Å². The number of rotatable bonds is 2. The number of hydrogen-bond donors (Lipinski definition) is 1. The number of piperidine rings is 1. The Hall–Kier alpha value is -1.59. The first-order chi connectivity index (χ1) is 11.9. The van der Waals surface area contributed by atoms with Gasteiger partial charge in [0.05, 0.1) is 10.7 Å². The monoisotopic (exact) mass is 396 g/mol. The number of benzene rings is 1. The van der Waals surface area contributed by atoms with Crippen LogP contribution in [0.15, 0.2) is 18.2 Å². The largest absolute Gasteiger partial charge is 0.324 e. The summed E-state index contributed by atoms with van der Waals surface area (Å²) in [6.07, 6.45) is 1.22. The number of hydrogen-bond acceptors (Lipinski definition) is 3. The summed E-state index contributed by atoms with van der Waals surface area (Å²) in [5, 5.41) is 3.67. The topological polar surface area (TPSA) is 66.5 Å². The van der Waals surface area contributed by atoms with E-state index in [1.807, 2.05) is 20.8 Å². The maximum Gasteiger partial charge on any atom is 0.234 e. The molecule has 140 valence electrons. The highest BCUT2D eigenvalue weighted by Gasteiger charge is 2.62. The first-order valence-electron chi connectivity index (χ1n) is 8.49. The average molecular weight is 397 g/mol. The Kier molecular flexibility index (Phi) is 4.40. The lowest BCUT2D eigenvalue weighted by atomic mass is 9.51. The molecule has 0 spiro atoms. The normalized spacial score (nSPS) is 34.0. The summed E-state index contributed by atoms with van der Waals surface area (Å²) in [6, 6.07) is 4.84. The maximum absolute atomic E-state index is 13.1. The van der Waals surface area contributed by atoms with Crippen molar-refractivity contribution >= 4 is 46.6 Å². The second-order valence-corrected chi connectivity index (χ2v) is 9.30. The van der Waals surface area contributed by atoms with E-state index in [0.717, 1.165) is 0 Å². The second-order valence-electron chi connectivity index (χ2n) is 8.46. The lowest BCUT2D eigenvalue weighted by molar-refractivity contribution is -0.177. The predicted molar refractivity (Wildman–Crippen MR) is 101 cm³/mol. The number of anilines is 1. The molecule has 1 aliphatic carbocycles. The van der Waals surface area contributed by atoms with Gasteiger partial charge in [0, 0.05) is 28.3 Å². The van der Waals surface area contributed by atoms with Crippen LogP contribution >= 0.6 is 23.2 Å². The number of amides is 3. The first-order valence-corrected chi connectivity index (χ1v) is 9.25. The molecule has 2 bridgehead atoms. The number of likely N-dealkylation sites (tertiary alicyclic amines) is 1. The summed E-state index contributed by atoms with van der Waals surface area (Å²) < 4.78 is 0. The lowest BCUT2D eigenvalue weighted by Gasteiger charge is -2.55. The molecular weight excluding hydrogens is 375 g/mol. The van der Waals surface area contributed by atoms with Crippen molar-refractivity contribution in [3.8, 4) is 0 Å². The lowest BCUT2D eigenvalue weighted by Crippen LogP contribution is -2.63. The van der Waals surface area contributed by atoms with Crippen LogP contribution in [-0.2, 0) is 14.4 Å². The fraction of sp³-hybridized carbons (Fsp3) is 0.526. The molecule has 1 heterocycles. The minimum absolute atomic E-state index is 0.219. The van der Waals surface area contributed by atoms with Crippen LogP contribution in [0.1, 0.15) is 40.0 Å². The Bertz CT molecular complexity index is 795. The van der Waals surface area contributed by atoms with E-state index in [1.165, 1.54) is 11.9 Å². The van der Waals surface area contributed by atoms with Gasteiger partial charge in [0.2, 0.25) is 17.7 Å². The van der Waals surface area contributed by atoms with Gasteiger partial charge >= 0.3 is 0 Å². The standard InChI is InChI=1S/C19H22Cl2N2O3/c1-17(14(24)22-13-6-5-11(20)7-12(13)21)8-18(2)10-19(3,9-17)16(26)23(4)15(18)25/h5-7H,8-10H2,1-4H3,(H,22,24). The summed E-state index contributed by atoms with van der Waals surface area (Å²) in [4.78, 5) is 39.7. The molecule has 2 fully saturated rings. The minimum Gasteiger partial charge on any atom is -0.324 e. The molecule has 0 radical (unpaired) electrons. The van der Waals surface area contributed by atoms with Crippen LogP contribution in [0.2, 0.25) is 10.0 Å². The number of halogens is 2. The van der Waals surface area contributed by atoms with Crippen LogP contribution in [0.25, 0.3) is 0 Å². The van der Waals surface area contributed by atoms with E-state index in [-0.39, 0.29) is 17.7 Å². The molecule has 3 rings (SSSR count). The van der Waals surface area contributed by atoms with Crippen LogP contribution in [0.3, 0.4) is 0 Å². The summed E-state index contributed by atoms with van der Waals surface area (Å²) in [6.45, 7) is 5.50. The molecule has 1 aromatic carbocycles. The van der Waals surface area contributed by atoms with Crippen molar-refractivity contribution in [3.63, 3.8) is 0 Å². The average Bonchev–Trinajstić information content (AvgIpc) is 2.53. The van der Waals surface area contributed by atoms with Gasteiger partial charge in [0.15, 0.2) is 0 Å². The molecular formula is C19H22Cl2N2O3. The van der Waals surface area contributed by atoms with Crippen molar-refractivity contribution in [2.24, 2.45) is 16.2 Å². The van der Waals surface area contributed by atoms with Gasteiger partial charge in [-0.05, 0) is 37.5 Å². The molecule has 1 saturated heterocycles. The van der Waals surface area contributed by atoms with Crippen molar-refractivity contribution in [1.82, 2.24) is 4.90 Å².